The predicted octanol–water partition coefficient (Wildman–Crippen LogP) is 4.48. The average molecular weight is 445 g/mol. The Hall–Kier alpha value is -0.756. The van der Waals surface area contributed by atoms with Crippen LogP contribution in [0.25, 0.3) is 0 Å². The van der Waals surface area contributed by atoms with Crippen LogP contribution >= 0.6 is 0 Å². The fraction of sp³-hybridized carbons (Fsp3) is 0.720. The van der Waals surface area contributed by atoms with Crippen molar-refractivity contribution in [2.75, 3.05) is 6.61 Å². The van der Waals surface area contributed by atoms with E-state index >= 15 is 0 Å². The molecule has 1 saturated carbocycles. The molecule has 1 heterocycles. The fourth-order valence-corrected chi connectivity index (χ4v) is 11.5. The molecule has 5 heteroatoms. The zero-order valence-electron chi connectivity index (χ0n) is 20.3. The first-order chi connectivity index (χ1) is 13.7. The van der Waals surface area contributed by atoms with Crippen LogP contribution in [0.15, 0.2) is 12.1 Å². The molecule has 3 aliphatic rings. The van der Waals surface area contributed by atoms with E-state index in [0.29, 0.717) is 13.0 Å². The van der Waals surface area contributed by atoms with Crippen molar-refractivity contribution >= 4 is 32.8 Å². The number of rotatable bonds is 4. The molecule has 0 N–H and O–H groups in total. The highest BCUT2D eigenvalue weighted by Crippen LogP contribution is 2.59. The molecular weight excluding hydrogens is 404 g/mol. The number of carbonyl (C=O) groups excluding carboxylic acids is 1. The molecule has 0 aromatic heterocycles. The highest BCUT2D eigenvalue weighted by atomic mass is 28.3. The van der Waals surface area contributed by atoms with Gasteiger partial charge in [0.25, 0.3) is 0 Å². The SMILES string of the molecule is CC1(C)OCC2(CC=O)CC3(CCC2O1)Cc1cc([Si](C)(C)C)c([Si](C)(C)C)cc13. The zero-order chi connectivity index (χ0) is 22.2. The number of hydrogen-bond donors (Lipinski definition) is 0. The van der Waals surface area contributed by atoms with Crippen LogP contribution < -0.4 is 10.4 Å². The lowest BCUT2D eigenvalue weighted by Gasteiger charge is -2.59. The van der Waals surface area contributed by atoms with Crippen LogP contribution in [0.1, 0.15) is 50.7 Å². The van der Waals surface area contributed by atoms with Crippen LogP contribution in [-0.4, -0.2) is 40.9 Å². The summed E-state index contributed by atoms with van der Waals surface area (Å²) in [5, 5.41) is 3.35. The molecule has 2 fully saturated rings. The minimum Gasteiger partial charge on any atom is -0.350 e. The molecule has 0 bridgehead atoms. The van der Waals surface area contributed by atoms with Crippen molar-refractivity contribution in [2.45, 2.75) is 103 Å². The summed E-state index contributed by atoms with van der Waals surface area (Å²) in [6.45, 7) is 19.5. The van der Waals surface area contributed by atoms with Gasteiger partial charge in [0.2, 0.25) is 0 Å². The van der Waals surface area contributed by atoms with Gasteiger partial charge in [0.15, 0.2) is 5.79 Å². The minimum absolute atomic E-state index is 0.124. The highest BCUT2D eigenvalue weighted by Gasteiger charge is 2.58. The standard InChI is InChI=1S/C25H40O3Si2/c1-23(2)27-17-25(11-12-26)16-24(10-9-22(25)28-23)15-18-13-20(29(3,4)5)21(14-19(18)24)30(6,7)8/h12-14,22H,9-11,15-17H2,1-8H3. The smallest absolute Gasteiger partial charge is 0.163 e. The van der Waals surface area contributed by atoms with Gasteiger partial charge in [-0.25, -0.2) is 0 Å². The van der Waals surface area contributed by atoms with Gasteiger partial charge >= 0.3 is 0 Å². The first-order valence-electron chi connectivity index (χ1n) is 11.7. The van der Waals surface area contributed by atoms with Crippen molar-refractivity contribution in [1.82, 2.24) is 0 Å². The Balaban J connectivity index is 1.74. The molecule has 0 radical (unpaired) electrons. The van der Waals surface area contributed by atoms with Gasteiger partial charge in [-0.2, -0.15) is 0 Å². The number of carbonyl (C=O) groups is 1. The molecule has 4 rings (SSSR count). The molecular formula is C25H40O3Si2. The van der Waals surface area contributed by atoms with E-state index in [1.807, 2.05) is 13.8 Å². The van der Waals surface area contributed by atoms with Crippen molar-refractivity contribution in [1.29, 1.82) is 0 Å². The first kappa shape index (κ1) is 22.4. The van der Waals surface area contributed by atoms with Crippen LogP contribution in [0.2, 0.25) is 39.3 Å². The number of ether oxygens (including phenoxy) is 2. The van der Waals surface area contributed by atoms with E-state index in [-0.39, 0.29) is 16.9 Å². The van der Waals surface area contributed by atoms with E-state index in [9.17, 15) is 4.79 Å². The minimum atomic E-state index is -1.45. The zero-order valence-corrected chi connectivity index (χ0v) is 22.3. The van der Waals surface area contributed by atoms with Gasteiger partial charge in [-0.1, -0.05) is 61.8 Å². The van der Waals surface area contributed by atoms with Crippen molar-refractivity contribution in [2.24, 2.45) is 5.41 Å². The van der Waals surface area contributed by atoms with E-state index < -0.39 is 21.9 Å². The average Bonchev–Trinajstić information content (AvgIpc) is 2.59. The second kappa shape index (κ2) is 6.87. The molecule has 30 heavy (non-hydrogen) atoms. The fourth-order valence-electron chi connectivity index (χ4n) is 6.30. The molecule has 1 aliphatic heterocycles. The Morgan fingerprint density at radius 3 is 2.30 bits per heavy atom. The maximum Gasteiger partial charge on any atom is 0.163 e. The summed E-state index contributed by atoms with van der Waals surface area (Å²) in [6.07, 6.45) is 6.12. The third-order valence-corrected chi connectivity index (χ3v) is 12.2. The van der Waals surface area contributed by atoms with Crippen molar-refractivity contribution in [3.8, 4) is 0 Å². The van der Waals surface area contributed by atoms with Gasteiger partial charge in [0.1, 0.15) is 6.29 Å². The Labute approximate surface area is 184 Å². The summed E-state index contributed by atoms with van der Waals surface area (Å²) in [5.41, 5.74) is 3.17. The molecule has 166 valence electrons. The largest absolute Gasteiger partial charge is 0.350 e. The summed E-state index contributed by atoms with van der Waals surface area (Å²) < 4.78 is 12.5. The lowest BCUT2D eigenvalue weighted by Crippen LogP contribution is -2.62. The van der Waals surface area contributed by atoms with E-state index in [0.717, 1.165) is 25.5 Å². The number of hydrogen-bond acceptors (Lipinski definition) is 3. The third-order valence-electron chi connectivity index (χ3n) is 7.84. The summed E-state index contributed by atoms with van der Waals surface area (Å²) in [6, 6.07) is 5.19. The van der Waals surface area contributed by atoms with Gasteiger partial charge in [0, 0.05) is 17.3 Å². The van der Waals surface area contributed by atoms with E-state index in [1.54, 1.807) is 21.5 Å². The van der Waals surface area contributed by atoms with Crippen LogP contribution in [0.3, 0.4) is 0 Å². The second-order valence-corrected chi connectivity index (χ2v) is 22.8. The van der Waals surface area contributed by atoms with Crippen LogP contribution in [0, 0.1) is 5.41 Å². The Kier molecular flexibility index (Phi) is 5.14. The monoisotopic (exact) mass is 444 g/mol. The summed E-state index contributed by atoms with van der Waals surface area (Å²) in [5.74, 6) is -0.545. The van der Waals surface area contributed by atoms with Gasteiger partial charge < -0.3 is 14.3 Å². The molecule has 1 aromatic rings. The molecule has 3 nitrogen and oxygen atoms in total. The number of fused-ring (bicyclic) bond motifs is 3. The van der Waals surface area contributed by atoms with E-state index in [2.05, 4.69) is 51.4 Å². The number of benzene rings is 1. The van der Waals surface area contributed by atoms with Crippen molar-refractivity contribution in [3.05, 3.63) is 23.3 Å². The van der Waals surface area contributed by atoms with Crippen LogP contribution in [0.5, 0.6) is 0 Å². The lowest BCUT2D eigenvalue weighted by atomic mass is 9.50. The molecule has 3 unspecified atom stereocenters. The van der Waals surface area contributed by atoms with Crippen LogP contribution in [0.4, 0.5) is 0 Å². The molecule has 1 saturated heterocycles. The van der Waals surface area contributed by atoms with Gasteiger partial charge in [-0.3, -0.25) is 0 Å². The maximum atomic E-state index is 11.7. The highest BCUT2D eigenvalue weighted by molar-refractivity contribution is 6.98. The summed E-state index contributed by atoms with van der Waals surface area (Å²) in [4.78, 5) is 11.7. The molecule has 1 spiro atoms. The Morgan fingerprint density at radius 1 is 1.07 bits per heavy atom. The maximum absolute atomic E-state index is 11.7. The molecule has 1 aromatic carbocycles. The Bertz CT molecular complexity index is 864. The van der Waals surface area contributed by atoms with E-state index in [1.165, 1.54) is 6.42 Å². The molecule has 3 atom stereocenters. The van der Waals surface area contributed by atoms with Crippen molar-refractivity contribution < 1.29 is 14.3 Å². The second-order valence-electron chi connectivity index (χ2n) is 12.8. The van der Waals surface area contributed by atoms with Gasteiger partial charge in [-0.15, -0.1) is 0 Å². The van der Waals surface area contributed by atoms with Gasteiger partial charge in [0.05, 0.1) is 28.9 Å². The summed E-state index contributed by atoms with van der Waals surface area (Å²) >= 11 is 0. The molecule has 2 aliphatic carbocycles. The summed E-state index contributed by atoms with van der Waals surface area (Å²) in [7, 11) is -2.84. The Morgan fingerprint density at radius 2 is 1.70 bits per heavy atom. The first-order valence-corrected chi connectivity index (χ1v) is 18.7. The van der Waals surface area contributed by atoms with E-state index in [4.69, 9.17) is 9.47 Å². The molecule has 0 amide bonds. The third kappa shape index (κ3) is 3.60. The quantitative estimate of drug-likeness (QED) is 0.507. The van der Waals surface area contributed by atoms with Crippen molar-refractivity contribution in [3.63, 3.8) is 0 Å². The van der Waals surface area contributed by atoms with Gasteiger partial charge in [-0.05, 0) is 50.7 Å². The van der Waals surface area contributed by atoms with Crippen LogP contribution in [-0.2, 0) is 26.1 Å². The normalized spacial score (nSPS) is 32.9. The topological polar surface area (TPSA) is 35.5 Å². The predicted molar refractivity (Wildman–Crippen MR) is 130 cm³/mol. The lowest BCUT2D eigenvalue weighted by molar-refractivity contribution is -0.329. The number of aldehydes is 1.